The number of hydrogen-bond donors (Lipinski definition) is 1. The third-order valence-corrected chi connectivity index (χ3v) is 2.19. The molecule has 1 N–H and O–H groups in total. The number of aromatic nitrogens is 1. The molecule has 64 valence electrons. The molecular formula is C9H11NO2. The Morgan fingerprint density at radius 1 is 1.67 bits per heavy atom. The molecule has 1 saturated heterocycles. The van der Waals surface area contributed by atoms with Crippen LogP contribution in [0, 0.1) is 5.92 Å². The molecular weight excluding hydrogens is 154 g/mol. The van der Waals surface area contributed by atoms with E-state index in [0.717, 1.165) is 12.8 Å². The van der Waals surface area contributed by atoms with E-state index in [1.54, 1.807) is 0 Å². The third-order valence-electron chi connectivity index (χ3n) is 2.19. The van der Waals surface area contributed by atoms with Gasteiger partial charge in [-0.2, -0.15) is 0 Å². The van der Waals surface area contributed by atoms with Gasteiger partial charge in [0.05, 0.1) is 12.5 Å². The van der Waals surface area contributed by atoms with E-state index in [2.05, 4.69) is 4.98 Å². The summed E-state index contributed by atoms with van der Waals surface area (Å²) < 4.78 is 4.87. The average Bonchev–Trinajstić information content (AvgIpc) is 2.65. The minimum Gasteiger partial charge on any atom is -0.465 e. The van der Waals surface area contributed by atoms with Crippen LogP contribution in [-0.4, -0.2) is 17.6 Å². The zero-order valence-electron chi connectivity index (χ0n) is 6.75. The first-order chi connectivity index (χ1) is 5.86. The summed E-state index contributed by atoms with van der Waals surface area (Å²) in [5, 5.41) is 0. The molecule has 3 nitrogen and oxygen atoms in total. The maximum atomic E-state index is 11.1. The highest BCUT2D eigenvalue weighted by Gasteiger charge is 2.26. The van der Waals surface area contributed by atoms with Gasteiger partial charge in [-0.15, -0.1) is 0 Å². The Morgan fingerprint density at radius 2 is 2.58 bits per heavy atom. The number of nitrogens with one attached hydrogen (secondary N) is 1. The molecule has 0 spiro atoms. The van der Waals surface area contributed by atoms with Crippen molar-refractivity contribution in [2.24, 2.45) is 5.92 Å². The molecule has 1 aliphatic heterocycles. The van der Waals surface area contributed by atoms with Crippen LogP contribution in [-0.2, 0) is 16.0 Å². The van der Waals surface area contributed by atoms with Crippen LogP contribution in [0.2, 0.25) is 0 Å². The van der Waals surface area contributed by atoms with E-state index in [9.17, 15) is 4.79 Å². The van der Waals surface area contributed by atoms with E-state index in [1.165, 1.54) is 5.56 Å². The molecule has 0 radical (unpaired) electrons. The lowest BCUT2D eigenvalue weighted by atomic mass is 10.0. The zero-order chi connectivity index (χ0) is 8.39. The van der Waals surface area contributed by atoms with E-state index in [-0.39, 0.29) is 11.9 Å². The minimum absolute atomic E-state index is 0.0452. The van der Waals surface area contributed by atoms with Crippen molar-refractivity contribution in [1.82, 2.24) is 4.98 Å². The highest BCUT2D eigenvalue weighted by molar-refractivity contribution is 5.74. The van der Waals surface area contributed by atoms with Gasteiger partial charge in [-0.1, -0.05) is 0 Å². The third kappa shape index (κ3) is 1.35. The lowest BCUT2D eigenvalue weighted by Gasteiger charge is -2.01. The summed E-state index contributed by atoms with van der Waals surface area (Å²) in [5.41, 5.74) is 1.18. The molecule has 1 aromatic rings. The highest BCUT2D eigenvalue weighted by atomic mass is 16.5. The lowest BCUT2D eigenvalue weighted by molar-refractivity contribution is -0.141. The summed E-state index contributed by atoms with van der Waals surface area (Å²) in [7, 11) is 0. The monoisotopic (exact) mass is 165 g/mol. The molecule has 1 unspecified atom stereocenters. The minimum atomic E-state index is -0.0452. The highest BCUT2D eigenvalue weighted by Crippen LogP contribution is 2.19. The molecule has 2 rings (SSSR count). The molecule has 0 amide bonds. The SMILES string of the molecule is O=C1OCCC1Cc1cc[nH]c1. The summed E-state index contributed by atoms with van der Waals surface area (Å²) in [4.78, 5) is 14.0. The second-order valence-electron chi connectivity index (χ2n) is 3.08. The smallest absolute Gasteiger partial charge is 0.309 e. The lowest BCUT2D eigenvalue weighted by Crippen LogP contribution is -2.09. The van der Waals surface area contributed by atoms with Gasteiger partial charge < -0.3 is 9.72 Å². The second-order valence-corrected chi connectivity index (χ2v) is 3.08. The van der Waals surface area contributed by atoms with Crippen molar-refractivity contribution >= 4 is 5.97 Å². The maximum absolute atomic E-state index is 11.1. The number of ether oxygens (including phenoxy) is 1. The standard InChI is InChI=1S/C9H11NO2/c11-9-8(2-4-12-9)5-7-1-3-10-6-7/h1,3,6,8,10H,2,4-5H2. The molecule has 0 bridgehead atoms. The number of aromatic amines is 1. The molecule has 1 atom stereocenters. The topological polar surface area (TPSA) is 42.1 Å². The van der Waals surface area contributed by atoms with Gasteiger partial charge in [0.1, 0.15) is 0 Å². The van der Waals surface area contributed by atoms with Crippen LogP contribution in [0.1, 0.15) is 12.0 Å². The molecule has 1 fully saturated rings. The van der Waals surface area contributed by atoms with Gasteiger partial charge in [0.2, 0.25) is 0 Å². The molecule has 3 heteroatoms. The van der Waals surface area contributed by atoms with Crippen LogP contribution in [0.3, 0.4) is 0 Å². The van der Waals surface area contributed by atoms with E-state index >= 15 is 0 Å². The van der Waals surface area contributed by atoms with E-state index in [4.69, 9.17) is 4.74 Å². The van der Waals surface area contributed by atoms with Gasteiger partial charge in [-0.05, 0) is 24.5 Å². The average molecular weight is 165 g/mol. The quantitative estimate of drug-likeness (QED) is 0.667. The first kappa shape index (κ1) is 7.40. The molecule has 1 aromatic heterocycles. The normalized spacial score (nSPS) is 22.7. The van der Waals surface area contributed by atoms with E-state index < -0.39 is 0 Å². The Balaban J connectivity index is 1.99. The van der Waals surface area contributed by atoms with Crippen LogP contribution in [0.25, 0.3) is 0 Å². The Bertz CT molecular complexity index is 266. The van der Waals surface area contributed by atoms with Crippen LogP contribution in [0.5, 0.6) is 0 Å². The molecule has 2 heterocycles. The summed E-state index contributed by atoms with van der Waals surface area (Å²) in [6, 6.07) is 1.99. The fourth-order valence-corrected chi connectivity index (χ4v) is 1.49. The molecule has 12 heavy (non-hydrogen) atoms. The van der Waals surface area contributed by atoms with Crippen molar-refractivity contribution < 1.29 is 9.53 Å². The molecule has 0 aromatic carbocycles. The molecule has 0 saturated carbocycles. The van der Waals surface area contributed by atoms with Crippen molar-refractivity contribution in [3.63, 3.8) is 0 Å². The first-order valence-electron chi connectivity index (χ1n) is 4.14. The molecule has 1 aliphatic rings. The number of hydrogen-bond acceptors (Lipinski definition) is 2. The van der Waals surface area contributed by atoms with Gasteiger partial charge in [-0.25, -0.2) is 0 Å². The predicted octanol–water partition coefficient (Wildman–Crippen LogP) is 1.12. The van der Waals surface area contributed by atoms with Gasteiger partial charge in [0.15, 0.2) is 0 Å². The first-order valence-corrected chi connectivity index (χ1v) is 4.14. The fraction of sp³-hybridized carbons (Fsp3) is 0.444. The van der Waals surface area contributed by atoms with Crippen LogP contribution in [0.15, 0.2) is 18.5 Å². The van der Waals surface area contributed by atoms with Gasteiger partial charge in [0.25, 0.3) is 0 Å². The van der Waals surface area contributed by atoms with Crippen molar-refractivity contribution in [2.45, 2.75) is 12.8 Å². The van der Waals surface area contributed by atoms with Crippen molar-refractivity contribution in [2.75, 3.05) is 6.61 Å². The Hall–Kier alpha value is -1.25. The fourth-order valence-electron chi connectivity index (χ4n) is 1.49. The van der Waals surface area contributed by atoms with Crippen LogP contribution >= 0.6 is 0 Å². The summed E-state index contributed by atoms with van der Waals surface area (Å²) in [6.45, 7) is 0.591. The number of rotatable bonds is 2. The Morgan fingerprint density at radius 3 is 3.17 bits per heavy atom. The zero-order valence-corrected chi connectivity index (χ0v) is 6.75. The predicted molar refractivity (Wildman–Crippen MR) is 43.6 cm³/mol. The maximum Gasteiger partial charge on any atom is 0.309 e. The second kappa shape index (κ2) is 3.01. The van der Waals surface area contributed by atoms with Crippen LogP contribution < -0.4 is 0 Å². The number of carbonyl (C=O) groups excluding carboxylic acids is 1. The van der Waals surface area contributed by atoms with Gasteiger partial charge in [-0.3, -0.25) is 4.79 Å². The number of cyclic esters (lactones) is 1. The Labute approximate surface area is 70.7 Å². The van der Waals surface area contributed by atoms with Crippen LogP contribution in [0.4, 0.5) is 0 Å². The van der Waals surface area contributed by atoms with Crippen molar-refractivity contribution in [1.29, 1.82) is 0 Å². The summed E-state index contributed by atoms with van der Waals surface area (Å²) in [6.07, 6.45) is 5.47. The largest absolute Gasteiger partial charge is 0.465 e. The summed E-state index contributed by atoms with van der Waals surface area (Å²) in [5.74, 6) is 0.0389. The van der Waals surface area contributed by atoms with Crippen molar-refractivity contribution in [3.8, 4) is 0 Å². The van der Waals surface area contributed by atoms with E-state index in [1.807, 2.05) is 18.5 Å². The van der Waals surface area contributed by atoms with Gasteiger partial charge >= 0.3 is 5.97 Å². The van der Waals surface area contributed by atoms with Crippen molar-refractivity contribution in [3.05, 3.63) is 24.0 Å². The molecule has 0 aliphatic carbocycles. The summed E-state index contributed by atoms with van der Waals surface area (Å²) >= 11 is 0. The number of carbonyl (C=O) groups is 1. The van der Waals surface area contributed by atoms with Gasteiger partial charge in [0, 0.05) is 12.4 Å². The van der Waals surface area contributed by atoms with E-state index in [0.29, 0.717) is 6.61 Å². The Kier molecular flexibility index (Phi) is 1.86. The number of H-pyrrole nitrogens is 1. The number of esters is 1.